The molecule has 1 aliphatic heterocycles. The molecule has 0 amide bonds. The van der Waals surface area contributed by atoms with Gasteiger partial charge in [-0.15, -0.1) is 0 Å². The first-order valence-electron chi connectivity index (χ1n) is 5.88. The van der Waals surface area contributed by atoms with Gasteiger partial charge in [0.05, 0.1) is 18.1 Å². The van der Waals surface area contributed by atoms with Crippen LogP contribution in [-0.4, -0.2) is 34.4 Å². The van der Waals surface area contributed by atoms with Crippen LogP contribution >= 0.6 is 0 Å². The van der Waals surface area contributed by atoms with Crippen LogP contribution in [0.2, 0.25) is 0 Å². The molecule has 0 aromatic heterocycles. The highest BCUT2D eigenvalue weighted by Gasteiger charge is 2.29. The maximum absolute atomic E-state index is 11.9. The second kappa shape index (κ2) is 6.08. The number of rotatable bonds is 4. The van der Waals surface area contributed by atoms with Gasteiger partial charge in [0, 0.05) is 12.5 Å². The first-order chi connectivity index (χ1) is 9.78. The van der Waals surface area contributed by atoms with Crippen molar-refractivity contribution >= 4 is 10.0 Å². The lowest BCUT2D eigenvalue weighted by Crippen LogP contribution is -2.29. The van der Waals surface area contributed by atoms with Gasteiger partial charge in [0.1, 0.15) is 0 Å². The summed E-state index contributed by atoms with van der Waals surface area (Å²) in [6.07, 6.45) is -3.99. The highest BCUT2D eigenvalue weighted by Crippen LogP contribution is 2.31. The zero-order chi connectivity index (χ0) is 15.5. The summed E-state index contributed by atoms with van der Waals surface area (Å²) in [6, 6.07) is 3.73. The van der Waals surface area contributed by atoms with E-state index in [0.29, 0.717) is 25.4 Å². The second-order valence-corrected chi connectivity index (χ2v) is 5.79. The van der Waals surface area contributed by atoms with E-state index in [-0.39, 0.29) is 10.6 Å². The van der Waals surface area contributed by atoms with Crippen LogP contribution in [-0.2, 0) is 14.9 Å². The Hall–Kier alpha value is -1.52. The van der Waals surface area contributed by atoms with Crippen LogP contribution in [0.4, 0.5) is 13.2 Å². The summed E-state index contributed by atoms with van der Waals surface area (Å²) in [5.41, 5.74) is 0. The molecule has 0 saturated carbocycles. The minimum atomic E-state index is -4.63. The predicted molar refractivity (Wildman–Crippen MR) is 64.4 cm³/mol. The Labute approximate surface area is 118 Å². The van der Waals surface area contributed by atoms with Gasteiger partial charge in [-0.3, -0.25) is 4.84 Å². The lowest BCUT2D eigenvalue weighted by Gasteiger charge is -2.11. The van der Waals surface area contributed by atoms with Crippen molar-refractivity contribution in [3.63, 3.8) is 0 Å². The summed E-state index contributed by atoms with van der Waals surface area (Å²) >= 11 is 0. The molecule has 0 spiro atoms. The number of hydrogen-bond donors (Lipinski definition) is 1. The minimum absolute atomic E-state index is 0.214. The van der Waals surface area contributed by atoms with E-state index < -0.39 is 22.8 Å². The van der Waals surface area contributed by atoms with Gasteiger partial charge in [0.2, 0.25) is 0 Å². The minimum Gasteiger partial charge on any atom is -0.490 e. The van der Waals surface area contributed by atoms with Crippen molar-refractivity contribution < 1.29 is 35.9 Å². The number of sulfonamides is 1. The van der Waals surface area contributed by atoms with Gasteiger partial charge in [-0.1, -0.05) is 4.89 Å². The summed E-state index contributed by atoms with van der Waals surface area (Å²) < 4.78 is 69.9. The van der Waals surface area contributed by atoms with Gasteiger partial charge in [-0.2, -0.15) is 13.2 Å². The smallest absolute Gasteiger partial charge is 0.413 e. The third-order valence-electron chi connectivity index (χ3n) is 2.43. The average molecular weight is 327 g/mol. The molecule has 1 N–H and O–H groups in total. The molecule has 1 aromatic carbocycles. The third-order valence-corrected chi connectivity index (χ3v) is 3.65. The van der Waals surface area contributed by atoms with Gasteiger partial charge in [-0.05, 0) is 12.1 Å². The molecule has 1 aromatic rings. The van der Waals surface area contributed by atoms with Crippen molar-refractivity contribution in [1.82, 2.24) is 4.89 Å². The molecule has 118 valence electrons. The number of nitrogens with one attached hydrogen (secondary N) is 1. The molecule has 6 nitrogen and oxygen atoms in total. The standard InChI is InChI=1S/C11H12F3NO5S/c12-11(13,14)7-20-15-21(16,17)8-2-3-9-10(6-8)19-5-1-4-18-9/h2-3,6,15H,1,4-5,7H2. The van der Waals surface area contributed by atoms with Gasteiger partial charge in [0.25, 0.3) is 10.0 Å². The number of hydrogen-bond acceptors (Lipinski definition) is 5. The largest absolute Gasteiger partial charge is 0.490 e. The molecule has 0 atom stereocenters. The molecule has 0 aliphatic carbocycles. The summed E-state index contributed by atoms with van der Waals surface area (Å²) in [5, 5.41) is 0. The molecule has 0 saturated heterocycles. The number of benzene rings is 1. The molecule has 1 aliphatic rings. The van der Waals surface area contributed by atoms with Gasteiger partial charge in [0.15, 0.2) is 18.1 Å². The highest BCUT2D eigenvalue weighted by molar-refractivity contribution is 7.89. The Morgan fingerprint density at radius 1 is 1.19 bits per heavy atom. The van der Waals surface area contributed by atoms with Gasteiger partial charge >= 0.3 is 6.18 Å². The van der Waals surface area contributed by atoms with Crippen LogP contribution in [0.15, 0.2) is 23.1 Å². The van der Waals surface area contributed by atoms with E-state index in [2.05, 4.69) is 4.84 Å². The molecule has 0 unspecified atom stereocenters. The van der Waals surface area contributed by atoms with Crippen molar-refractivity contribution in [2.45, 2.75) is 17.5 Å². The SMILES string of the molecule is O=S(=O)(NOCC(F)(F)F)c1ccc2c(c1)OCCCO2. The molecular formula is C11H12F3NO5S. The first kappa shape index (κ1) is 15.9. The highest BCUT2D eigenvalue weighted by atomic mass is 32.2. The van der Waals surface area contributed by atoms with Crippen molar-refractivity contribution in [1.29, 1.82) is 0 Å². The van der Waals surface area contributed by atoms with Crippen LogP contribution < -0.4 is 14.4 Å². The Balaban J connectivity index is 2.11. The molecule has 0 fully saturated rings. The monoisotopic (exact) mass is 327 g/mol. The quantitative estimate of drug-likeness (QED) is 0.851. The van der Waals surface area contributed by atoms with Crippen LogP contribution in [0.1, 0.15) is 6.42 Å². The zero-order valence-electron chi connectivity index (χ0n) is 10.6. The molecule has 0 radical (unpaired) electrons. The maximum atomic E-state index is 11.9. The van der Waals surface area contributed by atoms with E-state index in [9.17, 15) is 21.6 Å². The second-order valence-electron chi connectivity index (χ2n) is 4.15. The zero-order valence-corrected chi connectivity index (χ0v) is 11.5. The van der Waals surface area contributed by atoms with E-state index in [1.807, 2.05) is 0 Å². The fourth-order valence-electron chi connectivity index (χ4n) is 1.55. The molecular weight excluding hydrogens is 315 g/mol. The van der Waals surface area contributed by atoms with Crippen LogP contribution in [0.3, 0.4) is 0 Å². The van der Waals surface area contributed by atoms with Gasteiger partial charge < -0.3 is 9.47 Å². The number of fused-ring (bicyclic) bond motifs is 1. The average Bonchev–Trinajstić information content (AvgIpc) is 2.61. The number of halogens is 3. The fraction of sp³-hybridized carbons (Fsp3) is 0.455. The van der Waals surface area contributed by atoms with Crippen molar-refractivity contribution in [3.05, 3.63) is 18.2 Å². The Morgan fingerprint density at radius 3 is 2.52 bits per heavy atom. The van der Waals surface area contributed by atoms with Crippen LogP contribution in [0.5, 0.6) is 11.5 Å². The van der Waals surface area contributed by atoms with E-state index in [4.69, 9.17) is 9.47 Å². The molecule has 2 rings (SSSR count). The van der Waals surface area contributed by atoms with Crippen LogP contribution in [0, 0.1) is 0 Å². The normalized spacial score (nSPS) is 15.6. The van der Waals surface area contributed by atoms with Crippen molar-refractivity contribution in [3.8, 4) is 11.5 Å². The molecule has 21 heavy (non-hydrogen) atoms. The maximum Gasteiger partial charge on any atom is 0.413 e. The summed E-state index contributed by atoms with van der Waals surface area (Å²) in [7, 11) is -4.24. The predicted octanol–water partition coefficient (Wildman–Crippen LogP) is 1.62. The molecule has 0 bridgehead atoms. The lowest BCUT2D eigenvalue weighted by molar-refractivity contribution is -0.181. The van der Waals surface area contributed by atoms with E-state index in [1.54, 1.807) is 0 Å². The Bertz CT molecular complexity index is 602. The topological polar surface area (TPSA) is 73.9 Å². The van der Waals surface area contributed by atoms with E-state index in [1.165, 1.54) is 23.1 Å². The Kier molecular flexibility index (Phi) is 4.59. The summed E-state index contributed by atoms with van der Waals surface area (Å²) in [5.74, 6) is 0.592. The third kappa shape index (κ3) is 4.48. The van der Waals surface area contributed by atoms with Gasteiger partial charge in [-0.25, -0.2) is 8.42 Å². The lowest BCUT2D eigenvalue weighted by atomic mass is 10.3. The van der Waals surface area contributed by atoms with E-state index >= 15 is 0 Å². The van der Waals surface area contributed by atoms with E-state index in [0.717, 1.165) is 0 Å². The van der Waals surface area contributed by atoms with Crippen molar-refractivity contribution in [2.75, 3.05) is 19.8 Å². The van der Waals surface area contributed by atoms with Crippen molar-refractivity contribution in [2.24, 2.45) is 0 Å². The molecule has 1 heterocycles. The Morgan fingerprint density at radius 2 is 1.86 bits per heavy atom. The summed E-state index contributed by atoms with van der Waals surface area (Å²) in [4.78, 5) is 5.08. The fourth-order valence-corrected chi connectivity index (χ4v) is 2.37. The number of alkyl halides is 3. The first-order valence-corrected chi connectivity index (χ1v) is 7.36. The molecule has 10 heteroatoms. The van der Waals surface area contributed by atoms with Crippen LogP contribution in [0.25, 0.3) is 0 Å². The summed E-state index contributed by atoms with van der Waals surface area (Å²) in [6.45, 7) is -0.933. The number of ether oxygens (including phenoxy) is 2.